The van der Waals surface area contributed by atoms with Crippen LogP contribution in [0.15, 0.2) is 65.1 Å². The highest BCUT2D eigenvalue weighted by atomic mass is 35.5. The van der Waals surface area contributed by atoms with Crippen LogP contribution >= 0.6 is 35.0 Å². The van der Waals surface area contributed by atoms with Crippen molar-refractivity contribution in [1.29, 1.82) is 0 Å². The number of fused-ring (bicyclic) bond motifs is 1. The van der Waals surface area contributed by atoms with Gasteiger partial charge < -0.3 is 5.32 Å². The summed E-state index contributed by atoms with van der Waals surface area (Å²) in [5.74, 6) is -0.262. The van der Waals surface area contributed by atoms with Crippen LogP contribution in [-0.2, 0) is 11.3 Å². The van der Waals surface area contributed by atoms with E-state index < -0.39 is 5.25 Å². The number of nitrogens with zero attached hydrogens (tertiary/aromatic N) is 2. The predicted octanol–water partition coefficient (Wildman–Crippen LogP) is 5.01. The molecule has 0 spiro atoms. The van der Waals surface area contributed by atoms with Crippen molar-refractivity contribution in [3.05, 3.63) is 75.5 Å². The van der Waals surface area contributed by atoms with Crippen molar-refractivity contribution >= 4 is 57.5 Å². The summed E-state index contributed by atoms with van der Waals surface area (Å²) in [4.78, 5) is 30.0. The first kappa shape index (κ1) is 20.5. The Morgan fingerprint density at radius 2 is 2.07 bits per heavy atom. The average Bonchev–Trinajstić information content (AvgIpc) is 2.67. The van der Waals surface area contributed by atoms with E-state index in [0.29, 0.717) is 38.3 Å². The number of halogens is 2. The normalized spacial score (nSPS) is 12.0. The Bertz CT molecular complexity index is 1110. The standard InChI is InChI=1S/C20H17Cl2N3O2S/c1-3-10-25-19(27)14-6-4-5-7-16(14)24-20(25)28-12(2)18(26)23-17-9-8-13(21)11-15(17)22/h3-9,11-12H,1,10H2,2H3,(H,23,26). The van der Waals surface area contributed by atoms with Crippen LogP contribution in [0.2, 0.25) is 10.0 Å². The fourth-order valence-electron chi connectivity index (χ4n) is 2.56. The Labute approximate surface area is 176 Å². The molecule has 8 heteroatoms. The molecule has 3 aromatic rings. The summed E-state index contributed by atoms with van der Waals surface area (Å²) in [6.45, 7) is 5.75. The van der Waals surface area contributed by atoms with E-state index in [1.807, 2.05) is 6.07 Å². The molecule has 0 bridgehead atoms. The van der Waals surface area contributed by atoms with Crippen LogP contribution in [-0.4, -0.2) is 20.7 Å². The number of carbonyl (C=O) groups is 1. The molecule has 1 unspecified atom stereocenters. The third kappa shape index (κ3) is 4.41. The van der Waals surface area contributed by atoms with Crippen LogP contribution in [0.5, 0.6) is 0 Å². The summed E-state index contributed by atoms with van der Waals surface area (Å²) in [6, 6.07) is 12.0. The molecule has 1 aromatic heterocycles. The lowest BCUT2D eigenvalue weighted by Crippen LogP contribution is -2.26. The number of benzene rings is 2. The zero-order valence-corrected chi connectivity index (χ0v) is 17.3. The summed E-state index contributed by atoms with van der Waals surface area (Å²) < 4.78 is 1.51. The zero-order valence-electron chi connectivity index (χ0n) is 15.0. The van der Waals surface area contributed by atoms with E-state index in [4.69, 9.17) is 23.2 Å². The highest BCUT2D eigenvalue weighted by Gasteiger charge is 2.20. The Hall–Kier alpha value is -2.28. The number of amides is 1. The Kier molecular flexibility index (Phi) is 6.44. The van der Waals surface area contributed by atoms with E-state index in [1.165, 1.54) is 16.3 Å². The summed E-state index contributed by atoms with van der Waals surface area (Å²) in [6.07, 6.45) is 1.63. The number of hydrogen-bond acceptors (Lipinski definition) is 4. The molecule has 1 heterocycles. The topological polar surface area (TPSA) is 64.0 Å². The quantitative estimate of drug-likeness (QED) is 0.337. The van der Waals surface area contributed by atoms with Crippen molar-refractivity contribution in [3.8, 4) is 0 Å². The number of allylic oxidation sites excluding steroid dienone is 1. The molecule has 1 atom stereocenters. The first-order valence-corrected chi connectivity index (χ1v) is 10.1. The van der Waals surface area contributed by atoms with Gasteiger partial charge in [-0.25, -0.2) is 4.98 Å². The number of hydrogen-bond donors (Lipinski definition) is 1. The number of aromatic nitrogens is 2. The van der Waals surface area contributed by atoms with Crippen molar-refractivity contribution in [2.24, 2.45) is 0 Å². The molecule has 1 amide bonds. The molecule has 0 fully saturated rings. The maximum absolute atomic E-state index is 12.8. The third-order valence-corrected chi connectivity index (χ3v) is 5.62. The van der Waals surface area contributed by atoms with E-state index in [2.05, 4.69) is 16.9 Å². The lowest BCUT2D eigenvalue weighted by molar-refractivity contribution is -0.115. The molecular formula is C20H17Cl2N3O2S. The number of thioether (sulfide) groups is 1. The summed E-state index contributed by atoms with van der Waals surface area (Å²) in [7, 11) is 0. The SMILES string of the molecule is C=CCn1c(SC(C)C(=O)Nc2ccc(Cl)cc2Cl)nc2ccccc2c1=O. The van der Waals surface area contributed by atoms with E-state index >= 15 is 0 Å². The van der Waals surface area contributed by atoms with Crippen LogP contribution < -0.4 is 10.9 Å². The van der Waals surface area contributed by atoms with Crippen molar-refractivity contribution in [2.75, 3.05) is 5.32 Å². The van der Waals surface area contributed by atoms with Gasteiger partial charge in [-0.3, -0.25) is 14.2 Å². The molecule has 0 aliphatic heterocycles. The Balaban J connectivity index is 1.88. The monoisotopic (exact) mass is 433 g/mol. The van der Waals surface area contributed by atoms with Gasteiger partial charge in [-0.2, -0.15) is 0 Å². The molecule has 28 heavy (non-hydrogen) atoms. The molecule has 2 aromatic carbocycles. The predicted molar refractivity (Wildman–Crippen MR) is 117 cm³/mol. The second kappa shape index (κ2) is 8.82. The molecule has 1 N–H and O–H groups in total. The van der Waals surface area contributed by atoms with Crippen LogP contribution in [0, 0.1) is 0 Å². The van der Waals surface area contributed by atoms with Gasteiger partial charge in [0.1, 0.15) is 0 Å². The fraction of sp³-hybridized carbons (Fsp3) is 0.150. The number of carbonyl (C=O) groups excluding carboxylic acids is 1. The molecular weight excluding hydrogens is 417 g/mol. The van der Waals surface area contributed by atoms with Crippen molar-refractivity contribution in [1.82, 2.24) is 9.55 Å². The molecule has 0 aliphatic carbocycles. The second-order valence-corrected chi connectivity index (χ2v) is 8.14. The first-order chi connectivity index (χ1) is 13.4. The number of rotatable bonds is 6. The Morgan fingerprint density at radius 1 is 1.32 bits per heavy atom. The molecule has 3 rings (SSSR count). The van der Waals surface area contributed by atoms with Crippen LogP contribution in [0.4, 0.5) is 5.69 Å². The van der Waals surface area contributed by atoms with Gasteiger partial charge in [0.2, 0.25) is 5.91 Å². The summed E-state index contributed by atoms with van der Waals surface area (Å²) in [5.41, 5.74) is 0.892. The molecule has 0 saturated heterocycles. The number of para-hydroxylation sites is 1. The van der Waals surface area contributed by atoms with Gasteiger partial charge in [0.25, 0.3) is 5.56 Å². The summed E-state index contributed by atoms with van der Waals surface area (Å²) >= 11 is 13.2. The van der Waals surface area contributed by atoms with E-state index in [9.17, 15) is 9.59 Å². The third-order valence-electron chi connectivity index (χ3n) is 3.98. The maximum Gasteiger partial charge on any atom is 0.262 e. The highest BCUT2D eigenvalue weighted by molar-refractivity contribution is 8.00. The molecule has 0 saturated carbocycles. The van der Waals surface area contributed by atoms with Crippen molar-refractivity contribution in [3.63, 3.8) is 0 Å². The summed E-state index contributed by atoms with van der Waals surface area (Å²) in [5, 5.41) is 4.07. The average molecular weight is 434 g/mol. The Morgan fingerprint density at radius 3 is 2.79 bits per heavy atom. The van der Waals surface area contributed by atoms with E-state index in [-0.39, 0.29) is 11.5 Å². The minimum atomic E-state index is -0.518. The molecule has 5 nitrogen and oxygen atoms in total. The number of nitrogens with one attached hydrogen (secondary N) is 1. The highest BCUT2D eigenvalue weighted by Crippen LogP contribution is 2.28. The molecule has 0 aliphatic rings. The zero-order chi connectivity index (χ0) is 20.3. The van der Waals surface area contributed by atoms with Crippen molar-refractivity contribution in [2.45, 2.75) is 23.9 Å². The van der Waals surface area contributed by atoms with Crippen LogP contribution in [0.25, 0.3) is 10.9 Å². The van der Waals surface area contributed by atoms with Gasteiger partial charge in [-0.1, -0.05) is 53.2 Å². The van der Waals surface area contributed by atoms with Gasteiger partial charge in [0, 0.05) is 11.6 Å². The van der Waals surface area contributed by atoms with Gasteiger partial charge in [-0.05, 0) is 37.3 Å². The maximum atomic E-state index is 12.8. The molecule has 144 valence electrons. The van der Waals surface area contributed by atoms with Gasteiger partial charge in [0.05, 0.1) is 26.9 Å². The number of anilines is 1. The van der Waals surface area contributed by atoms with Crippen LogP contribution in [0.3, 0.4) is 0 Å². The van der Waals surface area contributed by atoms with Gasteiger partial charge in [-0.15, -0.1) is 6.58 Å². The van der Waals surface area contributed by atoms with Gasteiger partial charge in [0.15, 0.2) is 5.16 Å². The minimum absolute atomic E-state index is 0.165. The first-order valence-electron chi connectivity index (χ1n) is 8.43. The van der Waals surface area contributed by atoms with Gasteiger partial charge >= 0.3 is 0 Å². The molecule has 0 radical (unpaired) electrons. The minimum Gasteiger partial charge on any atom is -0.324 e. The van der Waals surface area contributed by atoms with E-state index in [0.717, 1.165) is 0 Å². The fourth-order valence-corrected chi connectivity index (χ4v) is 3.94. The second-order valence-electron chi connectivity index (χ2n) is 5.99. The van der Waals surface area contributed by atoms with Crippen LogP contribution in [0.1, 0.15) is 6.92 Å². The largest absolute Gasteiger partial charge is 0.324 e. The van der Waals surface area contributed by atoms with Crippen molar-refractivity contribution < 1.29 is 4.79 Å². The lowest BCUT2D eigenvalue weighted by Gasteiger charge is -2.16. The smallest absolute Gasteiger partial charge is 0.262 e. The van der Waals surface area contributed by atoms with E-state index in [1.54, 1.807) is 49.4 Å². The lowest BCUT2D eigenvalue weighted by atomic mass is 10.2.